The summed E-state index contributed by atoms with van der Waals surface area (Å²) in [7, 11) is 3.70. The van der Waals surface area contributed by atoms with Crippen LogP contribution in [0.4, 0.5) is 0 Å². The van der Waals surface area contributed by atoms with Crippen molar-refractivity contribution < 1.29 is 9.30 Å². The first-order valence-corrected chi connectivity index (χ1v) is 7.72. The molecule has 0 aliphatic heterocycles. The minimum atomic E-state index is -3.01. The quantitative estimate of drug-likeness (QED) is 0.462. The molecule has 0 saturated heterocycles. The normalized spacial score (nSPS) is 15.6. The number of nitrogens with zero attached hydrogens (tertiary/aromatic N) is 2. The van der Waals surface area contributed by atoms with Gasteiger partial charge in [-0.15, -0.1) is 0 Å². The average molecular weight is 327 g/mol. The zero-order valence-electron chi connectivity index (χ0n) is 10.6. The third-order valence-corrected chi connectivity index (χ3v) is 5.33. The van der Waals surface area contributed by atoms with E-state index in [4.69, 9.17) is 39.5 Å². The first-order valence-electron chi connectivity index (χ1n) is 4.97. The van der Waals surface area contributed by atoms with E-state index in [2.05, 4.69) is 5.09 Å². The van der Waals surface area contributed by atoms with Crippen LogP contribution >= 0.6 is 42.4 Å². The van der Waals surface area contributed by atoms with Crippen molar-refractivity contribution in [1.29, 1.82) is 0 Å². The van der Waals surface area contributed by atoms with E-state index < -0.39 is 17.6 Å². The van der Waals surface area contributed by atoms with Crippen LogP contribution < -0.4 is 5.09 Å². The number of alkyl halides is 3. The van der Waals surface area contributed by atoms with Gasteiger partial charge in [-0.05, 0) is 35.1 Å². The van der Waals surface area contributed by atoms with Crippen molar-refractivity contribution in [2.24, 2.45) is 0 Å². The van der Waals surface area contributed by atoms with Gasteiger partial charge >= 0.3 is 0 Å². The topological polar surface area (TPSA) is 44.8 Å². The van der Waals surface area contributed by atoms with Gasteiger partial charge in [-0.3, -0.25) is 4.57 Å². The minimum Gasteiger partial charge on any atom is -0.359 e. The summed E-state index contributed by atoms with van der Waals surface area (Å²) in [6.07, 6.45) is -0.951. The van der Waals surface area contributed by atoms with Crippen molar-refractivity contribution in [3.8, 4) is 0 Å². The molecule has 5 nitrogen and oxygen atoms in total. The number of hydrogen-bond donors (Lipinski definition) is 1. The Balaban J connectivity index is 5.02. The first kappa shape index (κ1) is 17.9. The lowest BCUT2D eigenvalue weighted by Gasteiger charge is -2.36. The van der Waals surface area contributed by atoms with Gasteiger partial charge in [0.2, 0.25) is 3.79 Å². The highest BCUT2D eigenvalue weighted by Gasteiger charge is 2.40. The lowest BCUT2D eigenvalue weighted by molar-refractivity contribution is 0.0549. The van der Waals surface area contributed by atoms with Crippen LogP contribution in [0.1, 0.15) is 6.92 Å². The summed E-state index contributed by atoms with van der Waals surface area (Å²) in [5.74, 6) is 0. The van der Waals surface area contributed by atoms with Gasteiger partial charge in [0, 0.05) is 6.61 Å². The average Bonchev–Trinajstić information content (AvgIpc) is 2.14. The third kappa shape index (κ3) is 5.21. The summed E-state index contributed by atoms with van der Waals surface area (Å²) < 4.78 is 19.3. The molecule has 0 fully saturated rings. The fraction of sp³-hybridized carbons (Fsp3) is 1.00. The molecule has 0 aromatic rings. The van der Waals surface area contributed by atoms with Gasteiger partial charge in [0.05, 0.1) is 0 Å². The Morgan fingerprint density at radius 2 is 1.65 bits per heavy atom. The Hall–Kier alpha value is 0.940. The summed E-state index contributed by atoms with van der Waals surface area (Å²) in [6.45, 7) is 2.10. The SMILES string of the molecule is CCOC(NP(=O)(N(C)C)N(C)C)C(Cl)(Cl)Cl. The molecule has 1 unspecified atom stereocenters. The number of ether oxygens (including phenoxy) is 1. The van der Waals surface area contributed by atoms with Crippen LogP contribution in [0, 0.1) is 0 Å². The second-order valence-electron chi connectivity index (χ2n) is 3.74. The van der Waals surface area contributed by atoms with Crippen LogP contribution in [0.15, 0.2) is 0 Å². The predicted molar refractivity (Wildman–Crippen MR) is 73.8 cm³/mol. The predicted octanol–water partition coefficient (Wildman–Crippen LogP) is 2.54. The summed E-state index contributed by atoms with van der Waals surface area (Å²) in [6, 6.07) is 0. The zero-order chi connectivity index (χ0) is 13.9. The van der Waals surface area contributed by atoms with Gasteiger partial charge in [-0.1, -0.05) is 34.8 Å². The Labute approximate surface area is 118 Å². The van der Waals surface area contributed by atoms with Crippen LogP contribution in [0.5, 0.6) is 0 Å². The standard InChI is InChI=1S/C8H19Cl3N3O2P/c1-6-16-7(8(9,10)11)12-17(15,13(2)3)14(4)5/h7H,6H2,1-5H3,(H,12,15). The third-order valence-electron chi connectivity index (χ3n) is 2.00. The van der Waals surface area contributed by atoms with E-state index in [1.807, 2.05) is 0 Å². The summed E-state index contributed by atoms with van der Waals surface area (Å²) in [4.78, 5) is 0. The highest BCUT2D eigenvalue weighted by molar-refractivity contribution is 7.56. The molecule has 104 valence electrons. The van der Waals surface area contributed by atoms with E-state index in [-0.39, 0.29) is 0 Å². The van der Waals surface area contributed by atoms with E-state index in [1.165, 1.54) is 9.34 Å². The molecule has 0 bridgehead atoms. The maximum absolute atomic E-state index is 12.6. The Bertz CT molecular complexity index is 272. The van der Waals surface area contributed by atoms with Crippen LogP contribution in [0.3, 0.4) is 0 Å². The van der Waals surface area contributed by atoms with Crippen LogP contribution in [-0.4, -0.2) is 54.2 Å². The molecule has 0 aromatic carbocycles. The minimum absolute atomic E-state index is 0.340. The summed E-state index contributed by atoms with van der Waals surface area (Å²) in [5.41, 5.74) is 0. The fourth-order valence-corrected chi connectivity index (χ4v) is 3.45. The summed E-state index contributed by atoms with van der Waals surface area (Å²) >= 11 is 17.3. The molecule has 0 heterocycles. The molecule has 1 atom stereocenters. The van der Waals surface area contributed by atoms with Gasteiger partial charge < -0.3 is 4.74 Å². The van der Waals surface area contributed by atoms with E-state index in [0.29, 0.717) is 6.61 Å². The second kappa shape index (κ2) is 6.92. The molecule has 0 amide bonds. The molecule has 0 rings (SSSR count). The van der Waals surface area contributed by atoms with E-state index in [9.17, 15) is 4.57 Å². The smallest absolute Gasteiger partial charge is 0.285 e. The van der Waals surface area contributed by atoms with Gasteiger partial charge in [0.25, 0.3) is 7.59 Å². The lowest BCUT2D eigenvalue weighted by atomic mass is 10.6. The second-order valence-corrected chi connectivity index (χ2v) is 9.06. The Kier molecular flexibility index (Phi) is 7.30. The molecule has 17 heavy (non-hydrogen) atoms. The Morgan fingerprint density at radius 1 is 1.24 bits per heavy atom. The van der Waals surface area contributed by atoms with Crippen LogP contribution in [0.25, 0.3) is 0 Å². The number of halogens is 3. The molecule has 0 spiro atoms. The van der Waals surface area contributed by atoms with Crippen LogP contribution in [-0.2, 0) is 9.30 Å². The lowest BCUT2D eigenvalue weighted by Crippen LogP contribution is -2.45. The van der Waals surface area contributed by atoms with Crippen LogP contribution in [0.2, 0.25) is 0 Å². The molecule has 0 aliphatic rings. The molecule has 0 aliphatic carbocycles. The van der Waals surface area contributed by atoms with Gasteiger partial charge in [-0.25, -0.2) is 14.4 Å². The number of hydrogen-bond acceptors (Lipinski definition) is 2. The van der Waals surface area contributed by atoms with Crippen molar-refractivity contribution >= 4 is 42.4 Å². The van der Waals surface area contributed by atoms with Gasteiger partial charge in [0.1, 0.15) is 0 Å². The molecular weight excluding hydrogens is 307 g/mol. The van der Waals surface area contributed by atoms with Crippen molar-refractivity contribution in [3.63, 3.8) is 0 Å². The fourth-order valence-electron chi connectivity index (χ4n) is 1.11. The molecule has 9 heteroatoms. The van der Waals surface area contributed by atoms with E-state index in [1.54, 1.807) is 35.1 Å². The molecule has 0 aromatic heterocycles. The highest BCUT2D eigenvalue weighted by Crippen LogP contribution is 2.47. The largest absolute Gasteiger partial charge is 0.359 e. The monoisotopic (exact) mass is 325 g/mol. The molecule has 1 N–H and O–H groups in total. The molecule has 0 saturated carbocycles. The molecule has 0 radical (unpaired) electrons. The Morgan fingerprint density at radius 3 is 1.88 bits per heavy atom. The maximum Gasteiger partial charge on any atom is 0.285 e. The van der Waals surface area contributed by atoms with Crippen molar-refractivity contribution in [1.82, 2.24) is 14.4 Å². The van der Waals surface area contributed by atoms with E-state index in [0.717, 1.165) is 0 Å². The van der Waals surface area contributed by atoms with E-state index >= 15 is 0 Å². The molecular formula is C8H19Cl3N3O2P. The van der Waals surface area contributed by atoms with Crippen molar-refractivity contribution in [3.05, 3.63) is 0 Å². The van der Waals surface area contributed by atoms with Crippen molar-refractivity contribution in [2.45, 2.75) is 16.9 Å². The summed E-state index contributed by atoms with van der Waals surface area (Å²) in [5, 5.41) is 2.76. The number of nitrogens with one attached hydrogen (secondary N) is 1. The van der Waals surface area contributed by atoms with Gasteiger partial charge in [-0.2, -0.15) is 0 Å². The zero-order valence-corrected chi connectivity index (χ0v) is 13.7. The number of rotatable bonds is 6. The first-order chi connectivity index (χ1) is 7.55. The van der Waals surface area contributed by atoms with Crippen molar-refractivity contribution in [2.75, 3.05) is 34.8 Å². The van der Waals surface area contributed by atoms with Gasteiger partial charge in [0.15, 0.2) is 6.23 Å². The maximum atomic E-state index is 12.6. The highest BCUT2D eigenvalue weighted by atomic mass is 35.6.